The van der Waals surface area contributed by atoms with Gasteiger partial charge in [-0.1, -0.05) is 0 Å². The Hall–Kier alpha value is -3.96. The fourth-order valence-electron chi connectivity index (χ4n) is 2.44. The van der Waals surface area contributed by atoms with Crippen LogP contribution in [0.15, 0.2) is 0 Å². The van der Waals surface area contributed by atoms with Gasteiger partial charge in [0, 0.05) is 0 Å². The Bertz CT molecular complexity index is 806. The predicted octanol–water partition coefficient (Wildman–Crippen LogP) is -3.79. The van der Waals surface area contributed by atoms with Crippen molar-refractivity contribution in [1.29, 1.82) is 0 Å². The maximum atomic E-state index is 11.8. The summed E-state index contributed by atoms with van der Waals surface area (Å²) in [4.78, 5) is 70.2. The average molecular weight is 350 g/mol. The van der Waals surface area contributed by atoms with E-state index in [0.717, 1.165) is 0 Å². The maximum absolute atomic E-state index is 11.8. The van der Waals surface area contributed by atoms with Crippen LogP contribution in [0.3, 0.4) is 0 Å². The SMILES string of the molecule is NC(=O)Cc1c(C(N)=O)c(C(N)=O)c(C(N)=O)c(C(N)=O)c1C(N)=O. The Balaban J connectivity index is 4.41. The molecule has 12 heteroatoms. The zero-order valence-electron chi connectivity index (χ0n) is 12.6. The largest absolute Gasteiger partial charge is 0.369 e. The predicted molar refractivity (Wildman–Crippen MR) is 81.9 cm³/mol. The molecule has 132 valence electrons. The van der Waals surface area contributed by atoms with Crippen LogP contribution in [0.4, 0.5) is 0 Å². The van der Waals surface area contributed by atoms with Crippen LogP contribution in [0, 0.1) is 0 Å². The third kappa shape index (κ3) is 3.36. The maximum Gasteiger partial charge on any atom is 0.250 e. The molecule has 0 heterocycles. The third-order valence-corrected chi connectivity index (χ3v) is 3.19. The van der Waals surface area contributed by atoms with Crippen LogP contribution in [0.2, 0.25) is 0 Å². The Morgan fingerprint density at radius 1 is 0.480 bits per heavy atom. The molecular weight excluding hydrogens is 336 g/mol. The summed E-state index contributed by atoms with van der Waals surface area (Å²) in [6, 6.07) is 0. The molecule has 6 amide bonds. The first-order chi connectivity index (χ1) is 11.4. The Morgan fingerprint density at radius 3 is 0.920 bits per heavy atom. The number of carbonyl (C=O) groups excluding carboxylic acids is 6. The molecule has 1 rings (SSSR count). The molecule has 12 nitrogen and oxygen atoms in total. The van der Waals surface area contributed by atoms with E-state index in [1.807, 2.05) is 0 Å². The molecule has 0 aromatic heterocycles. The highest BCUT2D eigenvalue weighted by atomic mass is 16.2. The zero-order chi connectivity index (χ0) is 19.6. The van der Waals surface area contributed by atoms with Gasteiger partial charge in [0.15, 0.2) is 0 Å². The molecule has 0 saturated carbocycles. The minimum Gasteiger partial charge on any atom is -0.369 e. The van der Waals surface area contributed by atoms with Crippen molar-refractivity contribution in [3.63, 3.8) is 0 Å². The van der Waals surface area contributed by atoms with Gasteiger partial charge in [0.1, 0.15) is 0 Å². The summed E-state index contributed by atoms with van der Waals surface area (Å²) < 4.78 is 0. The highest BCUT2D eigenvalue weighted by Gasteiger charge is 2.35. The smallest absolute Gasteiger partial charge is 0.250 e. The average Bonchev–Trinajstić information content (AvgIpc) is 2.43. The van der Waals surface area contributed by atoms with Gasteiger partial charge in [-0.2, -0.15) is 0 Å². The molecule has 0 bridgehead atoms. The summed E-state index contributed by atoms with van der Waals surface area (Å²) in [6.07, 6.45) is -0.823. The molecule has 1 aromatic carbocycles. The third-order valence-electron chi connectivity index (χ3n) is 3.19. The number of nitrogens with two attached hydrogens (primary N) is 6. The van der Waals surface area contributed by atoms with Crippen molar-refractivity contribution >= 4 is 35.4 Å². The monoisotopic (exact) mass is 350 g/mol. The van der Waals surface area contributed by atoms with Crippen LogP contribution in [0.5, 0.6) is 0 Å². The molecule has 0 saturated heterocycles. The van der Waals surface area contributed by atoms with E-state index in [4.69, 9.17) is 34.4 Å². The Morgan fingerprint density at radius 2 is 0.720 bits per heavy atom. The van der Waals surface area contributed by atoms with Crippen molar-refractivity contribution in [3.8, 4) is 0 Å². The molecule has 0 aliphatic rings. The van der Waals surface area contributed by atoms with E-state index in [-0.39, 0.29) is 0 Å². The fraction of sp³-hybridized carbons (Fsp3) is 0.0769. The molecule has 0 atom stereocenters. The standard InChI is InChI=1S/C13H14N6O6/c14-3(20)1-2-4(9(15)21)6(11(17)23)8(13(19)25)7(12(18)24)5(2)10(16)22/h1H2,(H2,14,20)(H2,15,21)(H2,16,22)(H2,17,23)(H2,18,24)(H2,19,25). The molecule has 0 fully saturated rings. The second-order valence-electron chi connectivity index (χ2n) is 4.82. The van der Waals surface area contributed by atoms with Crippen molar-refractivity contribution in [2.75, 3.05) is 0 Å². The van der Waals surface area contributed by atoms with Crippen LogP contribution in [-0.2, 0) is 11.2 Å². The van der Waals surface area contributed by atoms with Crippen LogP contribution in [-0.4, -0.2) is 35.4 Å². The Labute approximate surface area is 139 Å². The van der Waals surface area contributed by atoms with Crippen LogP contribution in [0.25, 0.3) is 0 Å². The Kier molecular flexibility index (Phi) is 5.08. The van der Waals surface area contributed by atoms with Gasteiger partial charge in [0.05, 0.1) is 34.2 Å². The summed E-state index contributed by atoms with van der Waals surface area (Å²) in [6.45, 7) is 0. The molecule has 0 aliphatic heterocycles. The zero-order valence-corrected chi connectivity index (χ0v) is 12.6. The van der Waals surface area contributed by atoms with Gasteiger partial charge in [-0.3, -0.25) is 28.8 Å². The molecule has 0 unspecified atom stereocenters. The van der Waals surface area contributed by atoms with Crippen molar-refractivity contribution in [3.05, 3.63) is 33.4 Å². The van der Waals surface area contributed by atoms with Crippen LogP contribution in [0.1, 0.15) is 57.4 Å². The van der Waals surface area contributed by atoms with Crippen molar-refractivity contribution < 1.29 is 28.8 Å². The minimum absolute atomic E-state index is 0.555. The van der Waals surface area contributed by atoms with Crippen molar-refractivity contribution in [1.82, 2.24) is 0 Å². The first-order valence-electron chi connectivity index (χ1n) is 6.41. The number of primary amides is 6. The highest BCUT2D eigenvalue weighted by Crippen LogP contribution is 2.29. The lowest BCUT2D eigenvalue weighted by atomic mass is 9.83. The van der Waals surface area contributed by atoms with E-state index >= 15 is 0 Å². The molecule has 0 aliphatic carbocycles. The first-order valence-corrected chi connectivity index (χ1v) is 6.41. The second kappa shape index (κ2) is 6.66. The summed E-state index contributed by atoms with van der Waals surface area (Å²) in [5.74, 6) is -7.92. The summed E-state index contributed by atoms with van der Waals surface area (Å²) in [5.41, 5.74) is 26.1. The van der Waals surface area contributed by atoms with Gasteiger partial charge < -0.3 is 34.4 Å². The minimum atomic E-state index is -1.40. The van der Waals surface area contributed by atoms with E-state index in [1.54, 1.807) is 0 Å². The number of carbonyl (C=O) groups is 6. The molecule has 0 spiro atoms. The molecule has 1 aromatic rings. The van der Waals surface area contributed by atoms with E-state index in [9.17, 15) is 28.8 Å². The number of hydrogen-bond acceptors (Lipinski definition) is 6. The summed E-state index contributed by atoms with van der Waals surface area (Å²) in [7, 11) is 0. The molecular formula is C13H14N6O6. The van der Waals surface area contributed by atoms with Crippen molar-refractivity contribution in [2.45, 2.75) is 6.42 Å². The molecule has 12 N–H and O–H groups in total. The van der Waals surface area contributed by atoms with Crippen LogP contribution < -0.4 is 34.4 Å². The fourth-order valence-corrected chi connectivity index (χ4v) is 2.44. The number of amides is 6. The van der Waals surface area contributed by atoms with Gasteiger partial charge in [0.25, 0.3) is 0 Å². The number of hydrogen-bond donors (Lipinski definition) is 6. The lowest BCUT2D eigenvalue weighted by Crippen LogP contribution is -2.36. The van der Waals surface area contributed by atoms with Gasteiger partial charge in [-0.25, -0.2) is 0 Å². The van der Waals surface area contributed by atoms with Gasteiger partial charge in [-0.05, 0) is 5.56 Å². The highest BCUT2D eigenvalue weighted by molar-refractivity contribution is 6.22. The topological polar surface area (TPSA) is 259 Å². The van der Waals surface area contributed by atoms with Gasteiger partial charge in [0.2, 0.25) is 35.4 Å². The normalized spacial score (nSPS) is 10.1. The van der Waals surface area contributed by atoms with E-state index in [0.29, 0.717) is 0 Å². The lowest BCUT2D eigenvalue weighted by Gasteiger charge is -2.19. The molecule has 0 radical (unpaired) electrons. The van der Waals surface area contributed by atoms with Crippen molar-refractivity contribution in [2.24, 2.45) is 34.4 Å². The van der Waals surface area contributed by atoms with Gasteiger partial charge >= 0.3 is 0 Å². The first kappa shape index (κ1) is 19.1. The van der Waals surface area contributed by atoms with E-state index in [2.05, 4.69) is 0 Å². The second-order valence-corrected chi connectivity index (χ2v) is 4.82. The van der Waals surface area contributed by atoms with Gasteiger partial charge in [-0.15, -0.1) is 0 Å². The van der Waals surface area contributed by atoms with E-state index in [1.165, 1.54) is 0 Å². The van der Waals surface area contributed by atoms with E-state index < -0.39 is 75.2 Å². The number of benzene rings is 1. The summed E-state index contributed by atoms with van der Waals surface area (Å²) >= 11 is 0. The quantitative estimate of drug-likeness (QED) is 0.287. The number of rotatable bonds is 7. The lowest BCUT2D eigenvalue weighted by molar-refractivity contribution is -0.117. The van der Waals surface area contributed by atoms with Crippen LogP contribution >= 0.6 is 0 Å². The molecule has 25 heavy (non-hydrogen) atoms. The summed E-state index contributed by atoms with van der Waals surface area (Å²) in [5, 5.41) is 0.